The van der Waals surface area contributed by atoms with E-state index in [0.29, 0.717) is 0 Å². The standard InChI is InChI=1S/C27H31N3O2/c1-4-21-13-11-12-18-24(21)28-25(31)19-30(3)20(2)27(32)29-26(22-14-7-5-8-15-22)23-16-9-6-10-17-23/h5-18,20,26H,4,19H2,1-3H3,(H,28,31)(H,29,32)/t20-/m0/s1. The van der Waals surface area contributed by atoms with Crippen molar-refractivity contribution in [3.05, 3.63) is 102 Å². The lowest BCUT2D eigenvalue weighted by atomic mass is 9.98. The zero-order chi connectivity index (χ0) is 22.9. The topological polar surface area (TPSA) is 61.4 Å². The van der Waals surface area contributed by atoms with Crippen molar-refractivity contribution in [3.8, 4) is 0 Å². The summed E-state index contributed by atoms with van der Waals surface area (Å²) in [6.45, 7) is 3.99. The second kappa shape index (κ2) is 11.3. The van der Waals surface area contributed by atoms with Gasteiger partial charge >= 0.3 is 0 Å². The number of benzene rings is 3. The van der Waals surface area contributed by atoms with E-state index in [1.807, 2.05) is 91.9 Å². The minimum Gasteiger partial charge on any atom is -0.344 e. The van der Waals surface area contributed by atoms with Crippen molar-refractivity contribution < 1.29 is 9.59 Å². The maximum Gasteiger partial charge on any atom is 0.238 e. The molecule has 3 aromatic carbocycles. The molecule has 5 heteroatoms. The van der Waals surface area contributed by atoms with Gasteiger partial charge in [0, 0.05) is 5.69 Å². The molecule has 0 saturated carbocycles. The monoisotopic (exact) mass is 429 g/mol. The first-order chi connectivity index (χ1) is 15.5. The molecule has 166 valence electrons. The Balaban J connectivity index is 1.66. The summed E-state index contributed by atoms with van der Waals surface area (Å²) < 4.78 is 0. The predicted octanol–water partition coefficient (Wildman–Crippen LogP) is 4.41. The summed E-state index contributed by atoms with van der Waals surface area (Å²) in [6.07, 6.45) is 0.839. The number of aryl methyl sites for hydroxylation is 1. The molecule has 2 amide bonds. The van der Waals surface area contributed by atoms with Crippen molar-refractivity contribution >= 4 is 17.5 Å². The van der Waals surface area contributed by atoms with E-state index in [9.17, 15) is 9.59 Å². The van der Waals surface area contributed by atoms with Crippen molar-refractivity contribution in [1.82, 2.24) is 10.2 Å². The van der Waals surface area contributed by atoms with Crippen LogP contribution in [0, 0.1) is 0 Å². The molecule has 3 rings (SSSR count). The fourth-order valence-electron chi connectivity index (χ4n) is 3.62. The SMILES string of the molecule is CCc1ccccc1NC(=O)CN(C)[C@@H](C)C(=O)NC(c1ccccc1)c1ccccc1. The molecule has 0 aliphatic carbocycles. The van der Waals surface area contributed by atoms with Gasteiger partial charge in [-0.15, -0.1) is 0 Å². The van der Waals surface area contributed by atoms with Gasteiger partial charge in [0.2, 0.25) is 11.8 Å². The fraction of sp³-hybridized carbons (Fsp3) is 0.259. The summed E-state index contributed by atoms with van der Waals surface area (Å²) >= 11 is 0. The van der Waals surface area contributed by atoms with Crippen LogP contribution in [0.4, 0.5) is 5.69 Å². The van der Waals surface area contributed by atoms with Crippen LogP contribution in [-0.4, -0.2) is 36.3 Å². The van der Waals surface area contributed by atoms with Gasteiger partial charge in [-0.3, -0.25) is 14.5 Å². The van der Waals surface area contributed by atoms with E-state index < -0.39 is 6.04 Å². The number of carbonyl (C=O) groups excluding carboxylic acids is 2. The van der Waals surface area contributed by atoms with Crippen LogP contribution in [-0.2, 0) is 16.0 Å². The highest BCUT2D eigenvalue weighted by Gasteiger charge is 2.24. The van der Waals surface area contributed by atoms with Crippen molar-refractivity contribution in [1.29, 1.82) is 0 Å². The summed E-state index contributed by atoms with van der Waals surface area (Å²) in [7, 11) is 1.79. The van der Waals surface area contributed by atoms with Crippen LogP contribution in [0.25, 0.3) is 0 Å². The maximum atomic E-state index is 13.1. The quantitative estimate of drug-likeness (QED) is 0.530. The summed E-state index contributed by atoms with van der Waals surface area (Å²) in [4.78, 5) is 27.5. The highest BCUT2D eigenvalue weighted by Crippen LogP contribution is 2.22. The first-order valence-electron chi connectivity index (χ1n) is 11.0. The minimum atomic E-state index is -0.475. The third-order valence-corrected chi connectivity index (χ3v) is 5.66. The summed E-state index contributed by atoms with van der Waals surface area (Å²) in [6, 6.07) is 26.8. The molecule has 0 saturated heterocycles. The molecule has 0 bridgehead atoms. The predicted molar refractivity (Wildman–Crippen MR) is 129 cm³/mol. The summed E-state index contributed by atoms with van der Waals surface area (Å²) in [5, 5.41) is 6.13. The van der Waals surface area contributed by atoms with E-state index in [2.05, 4.69) is 17.6 Å². The Kier molecular flexibility index (Phi) is 8.17. The van der Waals surface area contributed by atoms with Gasteiger partial charge in [0.05, 0.1) is 18.6 Å². The van der Waals surface area contributed by atoms with Gasteiger partial charge in [0.1, 0.15) is 0 Å². The molecule has 5 nitrogen and oxygen atoms in total. The Morgan fingerprint density at radius 1 is 0.844 bits per heavy atom. The van der Waals surface area contributed by atoms with Gasteiger partial charge in [-0.1, -0.05) is 85.8 Å². The van der Waals surface area contributed by atoms with E-state index in [1.54, 1.807) is 11.9 Å². The van der Waals surface area contributed by atoms with Crippen LogP contribution in [0.2, 0.25) is 0 Å². The second-order valence-electron chi connectivity index (χ2n) is 7.91. The van der Waals surface area contributed by atoms with E-state index in [0.717, 1.165) is 28.8 Å². The van der Waals surface area contributed by atoms with E-state index >= 15 is 0 Å². The fourth-order valence-corrected chi connectivity index (χ4v) is 3.62. The third-order valence-electron chi connectivity index (χ3n) is 5.66. The Labute approximate surface area is 190 Å². The second-order valence-corrected chi connectivity index (χ2v) is 7.91. The smallest absolute Gasteiger partial charge is 0.238 e. The van der Waals surface area contributed by atoms with Crippen LogP contribution < -0.4 is 10.6 Å². The molecule has 3 aromatic rings. The first-order valence-corrected chi connectivity index (χ1v) is 11.0. The summed E-state index contributed by atoms with van der Waals surface area (Å²) in [5.74, 6) is -0.275. The molecule has 0 spiro atoms. The van der Waals surface area contributed by atoms with Crippen LogP contribution in [0.5, 0.6) is 0 Å². The van der Waals surface area contributed by atoms with Gasteiger partial charge < -0.3 is 10.6 Å². The van der Waals surface area contributed by atoms with Crippen LogP contribution in [0.15, 0.2) is 84.9 Å². The zero-order valence-electron chi connectivity index (χ0n) is 18.9. The van der Waals surface area contributed by atoms with Crippen molar-refractivity contribution in [2.75, 3.05) is 18.9 Å². The molecular weight excluding hydrogens is 398 g/mol. The molecule has 1 atom stereocenters. The number of anilines is 1. The molecule has 0 aliphatic heterocycles. The number of para-hydroxylation sites is 1. The number of nitrogens with zero attached hydrogens (tertiary/aromatic N) is 1. The number of nitrogens with one attached hydrogen (secondary N) is 2. The van der Waals surface area contributed by atoms with Crippen LogP contribution >= 0.6 is 0 Å². The number of hydrogen-bond acceptors (Lipinski definition) is 3. The van der Waals surface area contributed by atoms with Gasteiger partial charge in [-0.25, -0.2) is 0 Å². The molecule has 32 heavy (non-hydrogen) atoms. The lowest BCUT2D eigenvalue weighted by molar-refractivity contribution is -0.127. The number of hydrogen-bond donors (Lipinski definition) is 2. The molecule has 0 fully saturated rings. The highest BCUT2D eigenvalue weighted by molar-refractivity contribution is 5.93. The molecule has 0 heterocycles. The largest absolute Gasteiger partial charge is 0.344 e. The number of likely N-dealkylation sites (N-methyl/N-ethyl adjacent to an activating group) is 1. The van der Waals surface area contributed by atoms with Gasteiger partial charge in [-0.05, 0) is 43.1 Å². The minimum absolute atomic E-state index is 0.119. The van der Waals surface area contributed by atoms with Gasteiger partial charge in [0.25, 0.3) is 0 Å². The van der Waals surface area contributed by atoms with E-state index in [-0.39, 0.29) is 24.4 Å². The Morgan fingerprint density at radius 3 is 1.94 bits per heavy atom. The normalized spacial score (nSPS) is 11.9. The molecular formula is C27H31N3O2. The molecule has 0 aromatic heterocycles. The molecule has 0 unspecified atom stereocenters. The van der Waals surface area contributed by atoms with Crippen LogP contribution in [0.3, 0.4) is 0 Å². The lowest BCUT2D eigenvalue weighted by Gasteiger charge is -2.27. The maximum absolute atomic E-state index is 13.1. The zero-order valence-corrected chi connectivity index (χ0v) is 18.9. The Hall–Kier alpha value is -3.44. The third kappa shape index (κ3) is 6.05. The molecule has 0 aliphatic rings. The highest BCUT2D eigenvalue weighted by atomic mass is 16.2. The average Bonchev–Trinajstić information content (AvgIpc) is 2.83. The van der Waals surface area contributed by atoms with Crippen molar-refractivity contribution in [3.63, 3.8) is 0 Å². The number of rotatable bonds is 9. The number of carbonyl (C=O) groups is 2. The Bertz CT molecular complexity index is 982. The van der Waals surface area contributed by atoms with Gasteiger partial charge in [-0.2, -0.15) is 0 Å². The van der Waals surface area contributed by atoms with Crippen molar-refractivity contribution in [2.24, 2.45) is 0 Å². The Morgan fingerprint density at radius 2 is 1.38 bits per heavy atom. The average molecular weight is 430 g/mol. The first kappa shape index (κ1) is 23.2. The van der Waals surface area contributed by atoms with Crippen molar-refractivity contribution in [2.45, 2.75) is 32.4 Å². The van der Waals surface area contributed by atoms with Crippen LogP contribution in [0.1, 0.15) is 36.6 Å². The molecule has 2 N–H and O–H groups in total. The molecule has 0 radical (unpaired) electrons. The van der Waals surface area contributed by atoms with E-state index in [1.165, 1.54) is 0 Å². The number of amides is 2. The summed E-state index contributed by atoms with van der Waals surface area (Å²) in [5.41, 5.74) is 3.92. The van der Waals surface area contributed by atoms with E-state index in [4.69, 9.17) is 0 Å². The van der Waals surface area contributed by atoms with Gasteiger partial charge in [0.15, 0.2) is 0 Å². The lowest BCUT2D eigenvalue weighted by Crippen LogP contribution is -2.47.